The van der Waals surface area contributed by atoms with Gasteiger partial charge in [-0.1, -0.05) is 42.5 Å². The summed E-state index contributed by atoms with van der Waals surface area (Å²) < 4.78 is 11.0. The fourth-order valence-corrected chi connectivity index (χ4v) is 3.95. The highest BCUT2D eigenvalue weighted by Gasteiger charge is 2.24. The van der Waals surface area contributed by atoms with Crippen molar-refractivity contribution >= 4 is 29.9 Å². The second-order valence-electron chi connectivity index (χ2n) is 7.50. The van der Waals surface area contributed by atoms with Gasteiger partial charge in [-0.3, -0.25) is 9.89 Å². The molecule has 0 radical (unpaired) electrons. The van der Waals surface area contributed by atoms with E-state index in [-0.39, 0.29) is 30.1 Å². The van der Waals surface area contributed by atoms with Crippen molar-refractivity contribution in [2.45, 2.75) is 25.0 Å². The van der Waals surface area contributed by atoms with Crippen LogP contribution in [-0.2, 0) is 4.74 Å². The molecule has 31 heavy (non-hydrogen) atoms. The predicted molar refractivity (Wildman–Crippen MR) is 138 cm³/mol. The highest BCUT2D eigenvalue weighted by Crippen LogP contribution is 2.26. The van der Waals surface area contributed by atoms with Gasteiger partial charge in [-0.25, -0.2) is 0 Å². The molecule has 2 aromatic carbocycles. The SMILES string of the molecule is CN=C(NCC(OC)c1ccccc1)NCC(c1ccc(OC)cc1)N1CCCC1.I. The average molecular weight is 538 g/mol. The maximum absolute atomic E-state index is 5.66. The van der Waals surface area contributed by atoms with Crippen LogP contribution in [0.1, 0.15) is 36.1 Å². The van der Waals surface area contributed by atoms with Gasteiger partial charge in [0.2, 0.25) is 0 Å². The number of halogens is 1. The van der Waals surface area contributed by atoms with Crippen LogP contribution in [-0.4, -0.2) is 58.3 Å². The number of hydrogen-bond donors (Lipinski definition) is 2. The van der Waals surface area contributed by atoms with E-state index in [1.165, 1.54) is 18.4 Å². The minimum Gasteiger partial charge on any atom is -0.497 e. The summed E-state index contributed by atoms with van der Waals surface area (Å²) in [4.78, 5) is 6.95. The number of nitrogens with one attached hydrogen (secondary N) is 2. The Bertz CT molecular complexity index is 780. The van der Waals surface area contributed by atoms with E-state index >= 15 is 0 Å². The van der Waals surface area contributed by atoms with Crippen LogP contribution in [0.3, 0.4) is 0 Å². The van der Waals surface area contributed by atoms with Crippen molar-refractivity contribution in [2.75, 3.05) is 47.4 Å². The largest absolute Gasteiger partial charge is 0.497 e. The fraction of sp³-hybridized carbons (Fsp3) is 0.458. The van der Waals surface area contributed by atoms with Crippen molar-refractivity contribution in [3.05, 3.63) is 65.7 Å². The zero-order chi connectivity index (χ0) is 21.2. The van der Waals surface area contributed by atoms with Gasteiger partial charge in [-0.15, -0.1) is 24.0 Å². The van der Waals surface area contributed by atoms with E-state index in [1.807, 2.05) is 30.3 Å². The van der Waals surface area contributed by atoms with Crippen molar-refractivity contribution in [3.8, 4) is 5.75 Å². The maximum atomic E-state index is 5.66. The minimum atomic E-state index is -0.0271. The minimum absolute atomic E-state index is 0. The topological polar surface area (TPSA) is 58.1 Å². The molecule has 6 nitrogen and oxygen atoms in total. The van der Waals surface area contributed by atoms with Crippen LogP contribution in [0.4, 0.5) is 0 Å². The van der Waals surface area contributed by atoms with Gasteiger partial charge in [-0.2, -0.15) is 0 Å². The molecule has 0 bridgehead atoms. The van der Waals surface area contributed by atoms with Gasteiger partial charge in [0.05, 0.1) is 19.3 Å². The third kappa shape index (κ3) is 7.36. The van der Waals surface area contributed by atoms with E-state index < -0.39 is 0 Å². The lowest BCUT2D eigenvalue weighted by molar-refractivity contribution is 0.106. The van der Waals surface area contributed by atoms with Gasteiger partial charge in [0.25, 0.3) is 0 Å². The molecule has 1 fully saturated rings. The standard InChI is InChI=1S/C24H34N4O2.HI/c1-25-24(27-18-23(30-3)20-9-5-4-6-10-20)26-17-22(28-15-7-8-16-28)19-11-13-21(29-2)14-12-19;/h4-6,9-14,22-23H,7-8,15-18H2,1-3H3,(H2,25,26,27);1H. The van der Waals surface area contributed by atoms with Crippen LogP contribution >= 0.6 is 24.0 Å². The summed E-state index contributed by atoms with van der Waals surface area (Å²) in [5.41, 5.74) is 2.44. The molecule has 0 aromatic heterocycles. The molecular formula is C24H35IN4O2. The Hall–Kier alpha value is -1.84. The normalized spacial score (nSPS) is 16.3. The Morgan fingerprint density at radius 1 is 0.935 bits per heavy atom. The van der Waals surface area contributed by atoms with E-state index in [0.29, 0.717) is 12.6 Å². The highest BCUT2D eigenvalue weighted by molar-refractivity contribution is 14.0. The molecule has 0 aliphatic carbocycles. The average Bonchev–Trinajstić information content (AvgIpc) is 3.34. The molecule has 170 valence electrons. The van der Waals surface area contributed by atoms with Gasteiger partial charge in [-0.05, 0) is 49.2 Å². The van der Waals surface area contributed by atoms with E-state index in [0.717, 1.165) is 36.9 Å². The summed E-state index contributed by atoms with van der Waals surface area (Å²) in [5, 5.41) is 6.92. The van der Waals surface area contributed by atoms with Gasteiger partial charge in [0, 0.05) is 27.2 Å². The van der Waals surface area contributed by atoms with Crippen molar-refractivity contribution in [1.29, 1.82) is 0 Å². The molecule has 2 N–H and O–H groups in total. The summed E-state index contributed by atoms with van der Waals surface area (Å²) in [6, 6.07) is 18.9. The molecular weight excluding hydrogens is 503 g/mol. The zero-order valence-corrected chi connectivity index (χ0v) is 21.0. The second kappa shape index (κ2) is 13.5. The van der Waals surface area contributed by atoms with Crippen LogP contribution in [0.15, 0.2) is 59.6 Å². The number of nitrogens with zero attached hydrogens (tertiary/aromatic N) is 2. The first kappa shape index (κ1) is 25.4. The molecule has 2 unspecified atom stereocenters. The van der Waals surface area contributed by atoms with Crippen LogP contribution in [0, 0.1) is 0 Å². The van der Waals surface area contributed by atoms with Crippen molar-refractivity contribution < 1.29 is 9.47 Å². The van der Waals surface area contributed by atoms with E-state index in [1.54, 1.807) is 21.3 Å². The molecule has 1 saturated heterocycles. The lowest BCUT2D eigenvalue weighted by Crippen LogP contribution is -2.43. The summed E-state index contributed by atoms with van der Waals surface area (Å²) in [7, 11) is 5.24. The number of methoxy groups -OCH3 is 2. The van der Waals surface area contributed by atoms with Crippen molar-refractivity contribution in [1.82, 2.24) is 15.5 Å². The molecule has 0 amide bonds. The lowest BCUT2D eigenvalue weighted by atomic mass is 10.1. The lowest BCUT2D eigenvalue weighted by Gasteiger charge is -2.29. The predicted octanol–water partition coefficient (Wildman–Crippen LogP) is 4.00. The molecule has 7 heteroatoms. The monoisotopic (exact) mass is 538 g/mol. The Kier molecular flexibility index (Phi) is 11.1. The third-order valence-electron chi connectivity index (χ3n) is 5.68. The number of benzene rings is 2. The Balaban J connectivity index is 0.00000341. The van der Waals surface area contributed by atoms with Gasteiger partial charge in [0.15, 0.2) is 5.96 Å². The van der Waals surface area contributed by atoms with Crippen molar-refractivity contribution in [3.63, 3.8) is 0 Å². The quantitative estimate of drug-likeness (QED) is 0.287. The second-order valence-corrected chi connectivity index (χ2v) is 7.50. The zero-order valence-electron chi connectivity index (χ0n) is 18.7. The molecule has 1 heterocycles. The van der Waals surface area contributed by atoms with Crippen LogP contribution < -0.4 is 15.4 Å². The summed E-state index contributed by atoms with van der Waals surface area (Å²) in [5.74, 6) is 1.67. The molecule has 1 aliphatic heterocycles. The molecule has 2 atom stereocenters. The summed E-state index contributed by atoms with van der Waals surface area (Å²) >= 11 is 0. The van der Waals surface area contributed by atoms with Gasteiger partial charge < -0.3 is 20.1 Å². The summed E-state index contributed by atoms with van der Waals surface area (Å²) in [6.45, 7) is 3.69. The molecule has 2 aromatic rings. The first-order chi connectivity index (χ1) is 14.7. The molecule has 1 aliphatic rings. The number of guanidine groups is 1. The number of rotatable bonds is 9. The number of aliphatic imine (C=N–C) groups is 1. The van der Waals surface area contributed by atoms with Crippen LogP contribution in [0.25, 0.3) is 0 Å². The number of hydrogen-bond acceptors (Lipinski definition) is 4. The molecule has 0 spiro atoms. The van der Waals surface area contributed by atoms with E-state index in [4.69, 9.17) is 9.47 Å². The van der Waals surface area contributed by atoms with Gasteiger partial charge >= 0.3 is 0 Å². The first-order valence-electron chi connectivity index (χ1n) is 10.7. The van der Waals surface area contributed by atoms with E-state index in [9.17, 15) is 0 Å². The molecule has 3 rings (SSSR count). The third-order valence-corrected chi connectivity index (χ3v) is 5.68. The Morgan fingerprint density at radius 3 is 2.16 bits per heavy atom. The maximum Gasteiger partial charge on any atom is 0.191 e. The number of likely N-dealkylation sites (tertiary alicyclic amines) is 1. The van der Waals surface area contributed by atoms with Crippen LogP contribution in [0.2, 0.25) is 0 Å². The van der Waals surface area contributed by atoms with Crippen LogP contribution in [0.5, 0.6) is 5.75 Å². The fourth-order valence-electron chi connectivity index (χ4n) is 3.95. The summed E-state index contributed by atoms with van der Waals surface area (Å²) in [6.07, 6.45) is 2.49. The number of ether oxygens (including phenoxy) is 2. The van der Waals surface area contributed by atoms with Gasteiger partial charge in [0.1, 0.15) is 5.75 Å². The smallest absolute Gasteiger partial charge is 0.191 e. The molecule has 0 saturated carbocycles. The van der Waals surface area contributed by atoms with Crippen molar-refractivity contribution in [2.24, 2.45) is 4.99 Å². The highest BCUT2D eigenvalue weighted by atomic mass is 127. The van der Waals surface area contributed by atoms with E-state index in [2.05, 4.69) is 44.8 Å². The Labute approximate surface area is 203 Å². The first-order valence-corrected chi connectivity index (χ1v) is 10.7. The Morgan fingerprint density at radius 2 is 1.58 bits per heavy atom.